The fraction of sp³-hybridized carbons (Fsp3) is 0.824. The zero-order valence-electron chi connectivity index (χ0n) is 49.0. The molecular formula is C51H94N8O20. The van der Waals surface area contributed by atoms with E-state index in [0.29, 0.717) is 85.0 Å². The highest BCUT2D eigenvalue weighted by molar-refractivity contribution is 5.86. The molecule has 7 rings (SSSR count). The summed E-state index contributed by atoms with van der Waals surface area (Å²) in [5.74, 6) is -0.103. The third-order valence-corrected chi connectivity index (χ3v) is 12.3. The molecule has 28 nitrogen and oxygen atoms in total. The summed E-state index contributed by atoms with van der Waals surface area (Å²) in [5, 5.41) is 14.8. The predicted molar refractivity (Wildman–Crippen MR) is 285 cm³/mol. The Kier molecular flexibility index (Phi) is 40.8. The van der Waals surface area contributed by atoms with E-state index in [1.807, 2.05) is 20.8 Å². The van der Waals surface area contributed by atoms with Crippen molar-refractivity contribution in [2.75, 3.05) is 170 Å². The number of morpholine rings is 1. The summed E-state index contributed by atoms with van der Waals surface area (Å²) in [6.07, 6.45) is 5.03. The molecule has 7 aliphatic heterocycles. The SMILES string of the molecule is CCON(C)C(=O)COC.COC1C(=O)NCC1(C)C.COC1CCNC1=O.COC1CNC(=O)C1.COCC(=O)N1CCCC1C(=O)OC.COCC(=O)N1CCOCC1.COCC1CCC(=O)N1.COCC1CCNC1=O. The van der Waals surface area contributed by atoms with Crippen LogP contribution < -0.4 is 26.6 Å². The molecule has 0 spiro atoms. The van der Waals surface area contributed by atoms with Crippen LogP contribution in [0.25, 0.3) is 0 Å². The van der Waals surface area contributed by atoms with E-state index in [2.05, 4.69) is 36.1 Å². The summed E-state index contributed by atoms with van der Waals surface area (Å²) >= 11 is 0. The summed E-state index contributed by atoms with van der Waals surface area (Å²) in [6.45, 7) is 14.1. The highest BCUT2D eigenvalue weighted by atomic mass is 16.7. The van der Waals surface area contributed by atoms with E-state index in [9.17, 15) is 43.2 Å². The summed E-state index contributed by atoms with van der Waals surface area (Å²) in [6, 6.07) is -0.148. The van der Waals surface area contributed by atoms with Gasteiger partial charge in [-0.2, -0.15) is 0 Å². The van der Waals surface area contributed by atoms with Gasteiger partial charge in [-0.05, 0) is 39.0 Å². The molecule has 6 atom stereocenters. The molecule has 7 fully saturated rings. The Balaban J connectivity index is 0.000000885. The molecule has 0 aromatic rings. The minimum Gasteiger partial charge on any atom is -0.467 e. The third-order valence-electron chi connectivity index (χ3n) is 12.3. The Hall–Kier alpha value is -5.17. The van der Waals surface area contributed by atoms with E-state index in [0.717, 1.165) is 38.8 Å². The molecule has 7 saturated heterocycles. The van der Waals surface area contributed by atoms with Crippen molar-refractivity contribution < 1.29 is 95.4 Å². The predicted octanol–water partition coefficient (Wildman–Crippen LogP) is -1.79. The average Bonchev–Trinajstić information content (AvgIpc) is 4.34. The van der Waals surface area contributed by atoms with Crippen LogP contribution in [0.1, 0.15) is 65.7 Å². The molecule has 79 heavy (non-hydrogen) atoms. The lowest BCUT2D eigenvalue weighted by Gasteiger charge is -2.26. The maximum absolute atomic E-state index is 11.5. The van der Waals surface area contributed by atoms with E-state index in [4.69, 9.17) is 42.7 Å². The fourth-order valence-electron chi connectivity index (χ4n) is 7.99. The van der Waals surface area contributed by atoms with Crippen LogP contribution in [-0.2, 0) is 95.4 Å². The van der Waals surface area contributed by atoms with E-state index in [-0.39, 0.29) is 109 Å². The van der Waals surface area contributed by atoms with Crippen LogP contribution in [0.3, 0.4) is 0 Å². The average molecular weight is 1140 g/mol. The Morgan fingerprint density at radius 2 is 1.29 bits per heavy atom. The molecule has 0 aromatic carbocycles. The number of likely N-dealkylation sites (N-methyl/N-ethyl adjacent to an activating group) is 1. The van der Waals surface area contributed by atoms with Gasteiger partial charge in [0.1, 0.15) is 38.1 Å². The lowest BCUT2D eigenvalue weighted by atomic mass is 9.90. The quantitative estimate of drug-likeness (QED) is 0.0842. The van der Waals surface area contributed by atoms with Crippen molar-refractivity contribution in [3.05, 3.63) is 0 Å². The van der Waals surface area contributed by atoms with Crippen LogP contribution in [0.2, 0.25) is 0 Å². The number of carbonyl (C=O) groups is 9. The van der Waals surface area contributed by atoms with Gasteiger partial charge in [0.15, 0.2) is 0 Å². The van der Waals surface area contributed by atoms with Gasteiger partial charge in [0.05, 0.1) is 64.6 Å². The molecule has 0 bridgehead atoms. The van der Waals surface area contributed by atoms with Gasteiger partial charge in [0.25, 0.3) is 5.91 Å². The maximum Gasteiger partial charge on any atom is 0.328 e. The van der Waals surface area contributed by atoms with Gasteiger partial charge in [-0.25, -0.2) is 9.86 Å². The molecule has 0 radical (unpaired) electrons. The lowest BCUT2D eigenvalue weighted by Crippen LogP contribution is -2.42. The van der Waals surface area contributed by atoms with Gasteiger partial charge in [-0.3, -0.25) is 43.2 Å². The van der Waals surface area contributed by atoms with Crippen LogP contribution in [0, 0.1) is 11.3 Å². The van der Waals surface area contributed by atoms with Gasteiger partial charge in [-0.15, -0.1) is 0 Å². The number of rotatable bonds is 16. The van der Waals surface area contributed by atoms with E-state index < -0.39 is 6.04 Å². The highest BCUT2D eigenvalue weighted by Crippen LogP contribution is 2.26. The van der Waals surface area contributed by atoms with Crippen LogP contribution in [0.5, 0.6) is 0 Å². The molecule has 28 heteroatoms. The number of methoxy groups -OCH3 is 9. The van der Waals surface area contributed by atoms with Gasteiger partial charge in [0, 0.05) is 122 Å². The van der Waals surface area contributed by atoms with E-state index in [1.54, 1.807) is 47.5 Å². The van der Waals surface area contributed by atoms with E-state index in [1.165, 1.54) is 38.4 Å². The zero-order chi connectivity index (χ0) is 59.8. The number of ether oxygens (including phenoxy) is 10. The lowest BCUT2D eigenvalue weighted by molar-refractivity contribution is -0.180. The maximum atomic E-state index is 11.5. The highest BCUT2D eigenvalue weighted by Gasteiger charge is 2.41. The van der Waals surface area contributed by atoms with Gasteiger partial charge in [-0.1, -0.05) is 13.8 Å². The number of esters is 1. The molecule has 5 N–H and O–H groups in total. The second kappa shape index (κ2) is 43.6. The van der Waals surface area contributed by atoms with Crippen molar-refractivity contribution in [3.63, 3.8) is 0 Å². The number of likely N-dealkylation sites (tertiary alicyclic amines) is 1. The summed E-state index contributed by atoms with van der Waals surface area (Å²) in [5.41, 5.74) is -0.0498. The second-order valence-electron chi connectivity index (χ2n) is 18.9. The van der Waals surface area contributed by atoms with Crippen LogP contribution >= 0.6 is 0 Å². The Labute approximate surface area is 466 Å². The summed E-state index contributed by atoms with van der Waals surface area (Å²) in [7, 11) is 15.3. The summed E-state index contributed by atoms with van der Waals surface area (Å²) in [4.78, 5) is 106. The monoisotopic (exact) mass is 1140 g/mol. The fourth-order valence-corrected chi connectivity index (χ4v) is 7.99. The largest absolute Gasteiger partial charge is 0.467 e. The minimum atomic E-state index is -0.414. The Morgan fingerprint density at radius 3 is 1.70 bits per heavy atom. The summed E-state index contributed by atoms with van der Waals surface area (Å²) < 4.78 is 48.2. The molecule has 0 saturated carbocycles. The normalized spacial score (nSPS) is 23.0. The van der Waals surface area contributed by atoms with Crippen LogP contribution in [0.4, 0.5) is 0 Å². The van der Waals surface area contributed by atoms with Crippen molar-refractivity contribution in [2.45, 2.75) is 96.1 Å². The number of carbonyl (C=O) groups excluding carboxylic acids is 9. The number of nitrogens with zero attached hydrogens (tertiary/aromatic N) is 3. The molecule has 8 amide bonds. The molecule has 6 unspecified atom stereocenters. The van der Waals surface area contributed by atoms with Crippen molar-refractivity contribution in [3.8, 4) is 0 Å². The van der Waals surface area contributed by atoms with Crippen molar-refractivity contribution >= 4 is 53.2 Å². The van der Waals surface area contributed by atoms with Gasteiger partial charge >= 0.3 is 5.97 Å². The van der Waals surface area contributed by atoms with Crippen molar-refractivity contribution in [1.29, 1.82) is 0 Å². The van der Waals surface area contributed by atoms with Crippen LogP contribution in [0.15, 0.2) is 0 Å². The minimum absolute atomic E-state index is 0.00694. The first kappa shape index (κ1) is 73.8. The van der Waals surface area contributed by atoms with Gasteiger partial charge in [0.2, 0.25) is 41.4 Å². The van der Waals surface area contributed by atoms with E-state index >= 15 is 0 Å². The second-order valence-corrected chi connectivity index (χ2v) is 18.9. The number of hydroxylamine groups is 2. The Morgan fingerprint density at radius 1 is 0.671 bits per heavy atom. The number of nitrogens with one attached hydrogen (secondary N) is 5. The first-order valence-corrected chi connectivity index (χ1v) is 26.2. The molecule has 7 aliphatic rings. The molecule has 458 valence electrons. The van der Waals surface area contributed by atoms with Crippen molar-refractivity contribution in [1.82, 2.24) is 41.4 Å². The van der Waals surface area contributed by atoms with Crippen LogP contribution in [-0.4, -0.2) is 268 Å². The molecule has 7 heterocycles. The molecular weight excluding hydrogens is 1040 g/mol. The van der Waals surface area contributed by atoms with Gasteiger partial charge < -0.3 is 83.8 Å². The molecule has 0 aliphatic carbocycles. The zero-order valence-corrected chi connectivity index (χ0v) is 49.0. The third kappa shape index (κ3) is 30.8. The standard InChI is InChI=1S/C9H15NO4.C7H13NO3.C7H13NO2.C6H13NO3.2C6H11NO2.2C5H9NO2/c1-13-6-8(11)10-5-3-4-7(10)9(12)14-2;1-10-6-7(9)8-2-4-11-5-3-8;1-7(2)4-8-6(9)5(7)10-3;1-4-10-7(2)6(8)5-9-3;1-9-4-5-2-3-7-6(5)8;1-9-4-5-2-3-6(8)7-5;1-8-4-2-5(7)6-3-4;1-8-4-2-3-6-5(4)7/h7H,3-6H2,1-2H3;2-6H2,1H3;5H,4H2,1-3H3,(H,8,9);4-5H2,1-3H3;2*5H,2-4H2,1H3,(H,7,8);2*4H,2-3H2,1H3,(H,6,7). The first-order chi connectivity index (χ1) is 37.7. The number of hydrogen-bond donors (Lipinski definition) is 5. The molecule has 0 aromatic heterocycles. The Bertz CT molecular complexity index is 1790. The number of hydrogen-bond acceptors (Lipinski definition) is 20. The first-order valence-electron chi connectivity index (χ1n) is 26.2. The topological polar surface area (TPSA) is 325 Å². The van der Waals surface area contributed by atoms with Crippen molar-refractivity contribution in [2.24, 2.45) is 11.3 Å². The number of amides is 8. The smallest absolute Gasteiger partial charge is 0.328 e.